The van der Waals surface area contributed by atoms with Crippen molar-refractivity contribution >= 4 is 44.9 Å². The van der Waals surface area contributed by atoms with E-state index in [4.69, 9.17) is 0 Å². The second kappa shape index (κ2) is 7.65. The Labute approximate surface area is 169 Å². The highest BCUT2D eigenvalue weighted by Crippen LogP contribution is 2.29. The van der Waals surface area contributed by atoms with Gasteiger partial charge in [-0.15, -0.1) is 11.3 Å². The number of rotatable bonds is 5. The number of thiazole rings is 1. The van der Waals surface area contributed by atoms with Gasteiger partial charge < -0.3 is 5.32 Å². The van der Waals surface area contributed by atoms with Gasteiger partial charge >= 0.3 is 0 Å². The molecule has 1 amide bonds. The maximum atomic E-state index is 12.8. The first kappa shape index (κ1) is 18.5. The fourth-order valence-corrected chi connectivity index (χ4v) is 4.80. The van der Waals surface area contributed by atoms with E-state index in [-0.39, 0.29) is 17.2 Å². The van der Waals surface area contributed by atoms with E-state index in [1.807, 2.05) is 61.5 Å². The normalized spacial score (nSPS) is 11.1. The largest absolute Gasteiger partial charge is 0.319 e. The third-order valence-electron chi connectivity index (χ3n) is 4.42. The Morgan fingerprint density at radius 1 is 1.14 bits per heavy atom. The quantitative estimate of drug-likeness (QED) is 0.508. The number of aromatic nitrogens is 3. The number of fused-ring (bicyclic) bond motifs is 1. The van der Waals surface area contributed by atoms with Crippen molar-refractivity contribution < 1.29 is 4.79 Å². The molecule has 0 aliphatic rings. The summed E-state index contributed by atoms with van der Waals surface area (Å²) < 4.78 is 5.22. The molecule has 0 fully saturated rings. The highest BCUT2D eigenvalue weighted by Gasteiger charge is 2.18. The van der Waals surface area contributed by atoms with E-state index >= 15 is 0 Å². The molecule has 0 saturated carbocycles. The third-order valence-corrected chi connectivity index (χ3v) is 6.60. The minimum Gasteiger partial charge on any atom is -0.319 e. The molecule has 0 aliphatic carbocycles. The molecule has 2 heterocycles. The zero-order valence-corrected chi connectivity index (χ0v) is 17.0. The van der Waals surface area contributed by atoms with Crippen LogP contribution in [0.3, 0.4) is 0 Å². The summed E-state index contributed by atoms with van der Waals surface area (Å²) >= 11 is 2.93. The molecular formula is C20H18N4O2S2. The van der Waals surface area contributed by atoms with E-state index in [0.717, 1.165) is 20.2 Å². The Morgan fingerprint density at radius 3 is 2.61 bits per heavy atom. The number of anilines is 1. The highest BCUT2D eigenvalue weighted by molar-refractivity contribution is 8.01. The lowest BCUT2D eigenvalue weighted by atomic mass is 10.3. The van der Waals surface area contributed by atoms with E-state index in [9.17, 15) is 9.59 Å². The summed E-state index contributed by atoms with van der Waals surface area (Å²) in [7, 11) is 1.80. The molecule has 4 aromatic rings. The molecule has 0 bridgehead atoms. The zero-order valence-electron chi connectivity index (χ0n) is 15.4. The average molecular weight is 411 g/mol. The summed E-state index contributed by atoms with van der Waals surface area (Å²) in [6.07, 6.45) is 0. The predicted molar refractivity (Wildman–Crippen MR) is 115 cm³/mol. The van der Waals surface area contributed by atoms with E-state index in [1.165, 1.54) is 11.8 Å². The molecule has 8 heteroatoms. The van der Waals surface area contributed by atoms with Crippen LogP contribution in [0.5, 0.6) is 0 Å². The van der Waals surface area contributed by atoms with Gasteiger partial charge in [-0.2, -0.15) is 0 Å². The lowest BCUT2D eigenvalue weighted by Gasteiger charge is -2.07. The van der Waals surface area contributed by atoms with Gasteiger partial charge in [0.1, 0.15) is 5.69 Å². The number of hydrogen-bond donors (Lipinski definition) is 1. The van der Waals surface area contributed by atoms with Crippen LogP contribution in [0.15, 0.2) is 63.7 Å². The maximum absolute atomic E-state index is 12.8. The number of carbonyl (C=O) groups excluding carboxylic acids is 1. The second-order valence-corrected chi connectivity index (χ2v) is 8.47. The second-order valence-electron chi connectivity index (χ2n) is 6.22. The number of para-hydroxylation sites is 2. The molecule has 0 unspecified atom stereocenters. The number of amides is 1. The molecule has 0 spiro atoms. The van der Waals surface area contributed by atoms with Crippen LogP contribution in [-0.4, -0.2) is 26.0 Å². The number of nitrogens with one attached hydrogen (secondary N) is 1. The van der Waals surface area contributed by atoms with Crippen LogP contribution in [0.2, 0.25) is 0 Å². The first-order valence-corrected chi connectivity index (χ1v) is 10.5. The summed E-state index contributed by atoms with van der Waals surface area (Å²) in [6.45, 7) is 1.82. The first-order chi connectivity index (χ1) is 13.5. The van der Waals surface area contributed by atoms with Gasteiger partial charge in [-0.1, -0.05) is 42.1 Å². The van der Waals surface area contributed by atoms with Gasteiger partial charge in [0, 0.05) is 7.05 Å². The first-order valence-electron chi connectivity index (χ1n) is 8.67. The van der Waals surface area contributed by atoms with Crippen LogP contribution in [-0.2, 0) is 11.8 Å². The van der Waals surface area contributed by atoms with E-state index in [2.05, 4.69) is 10.3 Å². The SMILES string of the molecule is Cc1c(NC(=O)CSc2nc3ccccc3s2)c(=O)n(-c2ccccc2)n1C. The van der Waals surface area contributed by atoms with E-state index in [0.29, 0.717) is 11.4 Å². The zero-order chi connectivity index (χ0) is 19.7. The molecule has 142 valence electrons. The minimum atomic E-state index is -0.246. The van der Waals surface area contributed by atoms with Crippen molar-refractivity contribution in [3.8, 4) is 5.69 Å². The topological polar surface area (TPSA) is 68.9 Å². The smallest absolute Gasteiger partial charge is 0.295 e. The maximum Gasteiger partial charge on any atom is 0.295 e. The molecule has 2 aromatic carbocycles. The van der Waals surface area contributed by atoms with Crippen LogP contribution in [0, 0.1) is 6.92 Å². The molecule has 28 heavy (non-hydrogen) atoms. The molecule has 4 rings (SSSR count). The number of nitrogens with zero attached hydrogens (tertiary/aromatic N) is 3. The van der Waals surface area contributed by atoms with Crippen LogP contribution < -0.4 is 10.9 Å². The van der Waals surface area contributed by atoms with Gasteiger partial charge in [-0.3, -0.25) is 14.3 Å². The molecular weight excluding hydrogens is 392 g/mol. The van der Waals surface area contributed by atoms with Crippen LogP contribution in [0.1, 0.15) is 5.69 Å². The van der Waals surface area contributed by atoms with Crippen molar-refractivity contribution in [2.45, 2.75) is 11.3 Å². The lowest BCUT2D eigenvalue weighted by Crippen LogP contribution is -2.23. The monoisotopic (exact) mass is 410 g/mol. The van der Waals surface area contributed by atoms with Crippen LogP contribution >= 0.6 is 23.1 Å². The average Bonchev–Trinajstić information content (AvgIpc) is 3.21. The van der Waals surface area contributed by atoms with Gasteiger partial charge in [0.15, 0.2) is 4.34 Å². The Hall–Kier alpha value is -2.84. The summed E-state index contributed by atoms with van der Waals surface area (Å²) in [5.74, 6) is -0.0332. The number of hydrogen-bond acceptors (Lipinski definition) is 5. The standard InChI is InChI=1S/C20H18N4O2S2/c1-13-18(19(26)24(23(13)2)14-8-4-3-5-9-14)22-17(25)12-27-20-21-15-10-6-7-11-16(15)28-20/h3-11H,12H2,1-2H3,(H,22,25). The minimum absolute atomic E-state index is 0.193. The van der Waals surface area contributed by atoms with Gasteiger partial charge in [-0.25, -0.2) is 9.67 Å². The molecule has 1 N–H and O–H groups in total. The third kappa shape index (κ3) is 3.48. The molecule has 0 radical (unpaired) electrons. The Bertz CT molecular complexity index is 1180. The van der Waals surface area contributed by atoms with E-state index in [1.54, 1.807) is 27.7 Å². The summed E-state index contributed by atoms with van der Waals surface area (Å²) in [5, 5.41) is 2.78. The number of thioether (sulfide) groups is 1. The molecule has 0 aliphatic heterocycles. The molecule has 0 atom stereocenters. The van der Waals surface area contributed by atoms with Gasteiger partial charge in [0.25, 0.3) is 5.56 Å². The number of carbonyl (C=O) groups is 1. The summed E-state index contributed by atoms with van der Waals surface area (Å²) in [6, 6.07) is 17.2. The fourth-order valence-electron chi connectivity index (χ4n) is 2.93. The molecule has 2 aromatic heterocycles. The molecule has 0 saturated heterocycles. The molecule has 6 nitrogen and oxygen atoms in total. The van der Waals surface area contributed by atoms with Crippen molar-refractivity contribution in [1.82, 2.24) is 14.3 Å². The number of benzene rings is 2. The lowest BCUT2D eigenvalue weighted by molar-refractivity contribution is -0.113. The van der Waals surface area contributed by atoms with Crippen LogP contribution in [0.4, 0.5) is 5.69 Å². The predicted octanol–water partition coefficient (Wildman–Crippen LogP) is 3.82. The Morgan fingerprint density at radius 2 is 1.86 bits per heavy atom. The van der Waals surface area contributed by atoms with Gasteiger partial charge in [-0.05, 0) is 31.2 Å². The van der Waals surface area contributed by atoms with Crippen molar-refractivity contribution in [2.24, 2.45) is 7.05 Å². The summed E-state index contributed by atoms with van der Waals surface area (Å²) in [5.41, 5.74) is 2.44. The van der Waals surface area contributed by atoms with Crippen molar-refractivity contribution in [1.29, 1.82) is 0 Å². The van der Waals surface area contributed by atoms with Crippen molar-refractivity contribution in [3.63, 3.8) is 0 Å². The fraction of sp³-hybridized carbons (Fsp3) is 0.150. The van der Waals surface area contributed by atoms with Gasteiger partial charge in [0.2, 0.25) is 5.91 Å². The van der Waals surface area contributed by atoms with Crippen molar-refractivity contribution in [2.75, 3.05) is 11.1 Å². The Kier molecular flexibility index (Phi) is 5.06. The van der Waals surface area contributed by atoms with Crippen LogP contribution in [0.25, 0.3) is 15.9 Å². The highest BCUT2D eigenvalue weighted by atomic mass is 32.2. The van der Waals surface area contributed by atoms with Gasteiger partial charge in [0.05, 0.1) is 27.4 Å². The Balaban J connectivity index is 1.51. The van der Waals surface area contributed by atoms with Crippen molar-refractivity contribution in [3.05, 3.63) is 70.6 Å². The summed E-state index contributed by atoms with van der Waals surface area (Å²) in [4.78, 5) is 29.8. The van der Waals surface area contributed by atoms with E-state index < -0.39 is 0 Å².